The Bertz CT molecular complexity index is 1220. The maximum atomic E-state index is 13.2. The predicted octanol–water partition coefficient (Wildman–Crippen LogP) is 5.77. The maximum absolute atomic E-state index is 13.2. The minimum Gasteiger partial charge on any atom is -0.478 e. The third kappa shape index (κ3) is 3.09. The van der Waals surface area contributed by atoms with Crippen LogP contribution in [0.5, 0.6) is 0 Å². The molecule has 0 atom stereocenters. The van der Waals surface area contributed by atoms with Gasteiger partial charge in [-0.2, -0.15) is 9.78 Å². The molecule has 8 heteroatoms. The molecule has 0 radical (unpaired) electrons. The highest BCUT2D eigenvalue weighted by Gasteiger charge is 2.23. The molecule has 140 valence electrons. The quantitative estimate of drug-likeness (QED) is 0.447. The summed E-state index contributed by atoms with van der Waals surface area (Å²) in [5.41, 5.74) is 2.34. The number of fused-ring (bicyclic) bond motifs is 1. The van der Waals surface area contributed by atoms with Gasteiger partial charge in [0.2, 0.25) is 0 Å². The zero-order valence-electron chi connectivity index (χ0n) is 14.4. The zero-order chi connectivity index (χ0) is 20.0. The minimum atomic E-state index is -1.00. The molecule has 2 aromatic carbocycles. The first kappa shape index (κ1) is 18.7. The van der Waals surface area contributed by atoms with Crippen molar-refractivity contribution in [1.29, 1.82) is 0 Å². The smallest absolute Gasteiger partial charge is 0.335 e. The van der Waals surface area contributed by atoms with Crippen LogP contribution in [0.2, 0.25) is 10.0 Å². The number of carboxylic acids is 1. The summed E-state index contributed by atoms with van der Waals surface area (Å²) in [6, 6.07) is 13.1. The van der Waals surface area contributed by atoms with Crippen LogP contribution in [0, 0.1) is 6.92 Å². The average Bonchev–Trinajstić information content (AvgIpc) is 3.19. The van der Waals surface area contributed by atoms with Crippen molar-refractivity contribution < 1.29 is 14.7 Å². The number of rotatable bonds is 3. The molecule has 0 spiro atoms. The fourth-order valence-electron chi connectivity index (χ4n) is 2.95. The highest BCUT2D eigenvalue weighted by molar-refractivity contribution is 7.19. The lowest BCUT2D eigenvalue weighted by Crippen LogP contribution is -2.14. The summed E-state index contributed by atoms with van der Waals surface area (Å²) in [6.45, 7) is 1.94. The number of carboxylic acid groups (broad SMARTS) is 1. The number of carbonyl (C=O) groups is 2. The molecule has 1 N–H and O–H groups in total. The van der Waals surface area contributed by atoms with Crippen LogP contribution in [0.15, 0.2) is 48.5 Å². The van der Waals surface area contributed by atoms with Crippen LogP contribution in [-0.4, -0.2) is 26.8 Å². The number of hydrogen-bond donors (Lipinski definition) is 1. The second-order valence-electron chi connectivity index (χ2n) is 6.12. The van der Waals surface area contributed by atoms with Gasteiger partial charge in [0.05, 0.1) is 31.4 Å². The molecule has 0 bridgehead atoms. The summed E-state index contributed by atoms with van der Waals surface area (Å²) in [6.07, 6.45) is 0. The second kappa shape index (κ2) is 7.05. The van der Waals surface area contributed by atoms with Crippen molar-refractivity contribution in [1.82, 2.24) is 9.78 Å². The molecule has 0 aliphatic heterocycles. The monoisotopic (exact) mass is 430 g/mol. The normalized spacial score (nSPS) is 11.1. The number of halogens is 2. The molecular weight excluding hydrogens is 419 g/mol. The van der Waals surface area contributed by atoms with E-state index in [1.807, 2.05) is 13.0 Å². The van der Waals surface area contributed by atoms with Gasteiger partial charge < -0.3 is 5.11 Å². The number of aryl methyl sites for hydroxylation is 1. The molecule has 2 heterocycles. The zero-order valence-corrected chi connectivity index (χ0v) is 16.8. The highest BCUT2D eigenvalue weighted by atomic mass is 35.5. The van der Waals surface area contributed by atoms with Crippen LogP contribution in [-0.2, 0) is 0 Å². The molecule has 0 fully saturated rings. The number of carbonyl (C=O) groups excluding carboxylic acids is 1. The van der Waals surface area contributed by atoms with E-state index < -0.39 is 11.9 Å². The van der Waals surface area contributed by atoms with Crippen LogP contribution in [0.25, 0.3) is 21.5 Å². The van der Waals surface area contributed by atoms with Gasteiger partial charge in [-0.1, -0.05) is 41.4 Å². The van der Waals surface area contributed by atoms with E-state index in [0.717, 1.165) is 9.58 Å². The number of hydrogen-bond acceptors (Lipinski definition) is 4. The summed E-state index contributed by atoms with van der Waals surface area (Å²) < 4.78 is 2.13. The van der Waals surface area contributed by atoms with Gasteiger partial charge in [0.15, 0.2) is 0 Å². The lowest BCUT2D eigenvalue weighted by molar-refractivity contribution is 0.0696. The van der Waals surface area contributed by atoms with Crippen LogP contribution >= 0.6 is 34.5 Å². The van der Waals surface area contributed by atoms with Gasteiger partial charge in [0.25, 0.3) is 5.91 Å². The van der Waals surface area contributed by atoms with Crippen molar-refractivity contribution in [2.75, 3.05) is 0 Å². The average molecular weight is 431 g/mol. The molecule has 28 heavy (non-hydrogen) atoms. The summed E-state index contributed by atoms with van der Waals surface area (Å²) in [4.78, 5) is 25.3. The summed E-state index contributed by atoms with van der Waals surface area (Å²) >= 11 is 13.9. The number of thiophene rings is 1. The molecule has 4 aromatic rings. The van der Waals surface area contributed by atoms with E-state index in [4.69, 9.17) is 28.3 Å². The molecule has 0 saturated heterocycles. The van der Waals surface area contributed by atoms with E-state index in [2.05, 4.69) is 5.10 Å². The summed E-state index contributed by atoms with van der Waals surface area (Å²) in [5.74, 6) is -1.43. The first-order valence-corrected chi connectivity index (χ1v) is 9.75. The van der Waals surface area contributed by atoms with E-state index in [-0.39, 0.29) is 21.2 Å². The van der Waals surface area contributed by atoms with Gasteiger partial charge in [0.1, 0.15) is 5.69 Å². The molecule has 0 unspecified atom stereocenters. The first-order valence-electron chi connectivity index (χ1n) is 8.18. The van der Waals surface area contributed by atoms with Crippen molar-refractivity contribution in [3.05, 3.63) is 74.6 Å². The van der Waals surface area contributed by atoms with Gasteiger partial charge in [-0.25, -0.2) is 4.79 Å². The number of aromatic nitrogens is 2. The second-order valence-corrected chi connectivity index (χ2v) is 8.19. The Kier molecular flexibility index (Phi) is 4.71. The Morgan fingerprint density at radius 3 is 2.32 bits per heavy atom. The topological polar surface area (TPSA) is 72.2 Å². The minimum absolute atomic E-state index is 0.181. The van der Waals surface area contributed by atoms with Gasteiger partial charge in [-0.05, 0) is 37.3 Å². The third-order valence-electron chi connectivity index (χ3n) is 4.25. The largest absolute Gasteiger partial charge is 0.478 e. The SMILES string of the molecule is Cc1cc2c(s1)c(-c1ccc(C(=O)O)cc1)nn2C(=O)c1c(Cl)cccc1Cl. The molecule has 0 amide bonds. The lowest BCUT2D eigenvalue weighted by atomic mass is 10.1. The van der Waals surface area contributed by atoms with Gasteiger partial charge in [-0.15, -0.1) is 11.3 Å². The van der Waals surface area contributed by atoms with Crippen LogP contribution in [0.3, 0.4) is 0 Å². The van der Waals surface area contributed by atoms with Crippen molar-refractivity contribution in [3.63, 3.8) is 0 Å². The summed E-state index contributed by atoms with van der Waals surface area (Å²) in [5, 5.41) is 14.1. The molecular formula is C20H12Cl2N2O3S. The Balaban J connectivity index is 1.89. The van der Waals surface area contributed by atoms with Crippen LogP contribution < -0.4 is 0 Å². The lowest BCUT2D eigenvalue weighted by Gasteiger charge is -2.06. The van der Waals surface area contributed by atoms with Crippen molar-refractivity contribution in [2.24, 2.45) is 0 Å². The third-order valence-corrected chi connectivity index (χ3v) is 5.93. The molecule has 0 aliphatic rings. The van der Waals surface area contributed by atoms with Gasteiger partial charge in [-0.3, -0.25) is 4.79 Å². The number of benzene rings is 2. The summed E-state index contributed by atoms with van der Waals surface area (Å²) in [7, 11) is 0. The van der Waals surface area contributed by atoms with Gasteiger partial charge in [0, 0.05) is 10.4 Å². The Hall–Kier alpha value is -2.67. The molecule has 2 aromatic heterocycles. The van der Waals surface area contributed by atoms with Crippen molar-refractivity contribution >= 4 is 56.6 Å². The fourth-order valence-corrected chi connectivity index (χ4v) is 4.51. The highest BCUT2D eigenvalue weighted by Crippen LogP contribution is 2.36. The Morgan fingerprint density at radius 1 is 1.07 bits per heavy atom. The van der Waals surface area contributed by atoms with Crippen molar-refractivity contribution in [2.45, 2.75) is 6.92 Å². The first-order chi connectivity index (χ1) is 13.4. The van der Waals surface area contributed by atoms with E-state index >= 15 is 0 Å². The standard InChI is InChI=1S/C20H12Cl2N2O3S/c1-10-9-15-18(28-10)17(11-5-7-12(8-6-11)20(26)27)23-24(15)19(25)16-13(21)3-2-4-14(16)22/h2-9H,1H3,(H,26,27). The molecule has 5 nitrogen and oxygen atoms in total. The van der Waals surface area contributed by atoms with E-state index in [1.165, 1.54) is 28.2 Å². The molecule has 4 rings (SSSR count). The molecule has 0 saturated carbocycles. The Labute approximate surface area is 173 Å². The number of aromatic carboxylic acids is 1. The van der Waals surface area contributed by atoms with E-state index in [0.29, 0.717) is 16.8 Å². The maximum Gasteiger partial charge on any atom is 0.335 e. The fraction of sp³-hybridized carbons (Fsp3) is 0.0500. The van der Waals surface area contributed by atoms with E-state index in [9.17, 15) is 9.59 Å². The van der Waals surface area contributed by atoms with Gasteiger partial charge >= 0.3 is 5.97 Å². The molecule has 0 aliphatic carbocycles. The van der Waals surface area contributed by atoms with Crippen molar-refractivity contribution in [3.8, 4) is 11.3 Å². The Morgan fingerprint density at radius 2 is 1.71 bits per heavy atom. The van der Waals surface area contributed by atoms with Crippen LogP contribution in [0.4, 0.5) is 0 Å². The predicted molar refractivity (Wildman–Crippen MR) is 111 cm³/mol. The van der Waals surface area contributed by atoms with Crippen LogP contribution in [0.1, 0.15) is 25.6 Å². The number of nitrogens with zero attached hydrogens (tertiary/aromatic N) is 2. The van der Waals surface area contributed by atoms with E-state index in [1.54, 1.807) is 30.3 Å².